The molecule has 2 N–H and O–H groups in total. The first kappa shape index (κ1) is 15.5. The SMILES string of the molecule is C[N@+]1(CC2CC2)CC[C@@]23c4c5ccc(O)c4CC1C2(O)CCC(=O)C3O5. The highest BCUT2D eigenvalue weighted by molar-refractivity contribution is 5.89. The van der Waals surface area contributed by atoms with Gasteiger partial charge in [0.15, 0.2) is 11.9 Å². The zero-order valence-electron chi connectivity index (χ0n) is 15.2. The van der Waals surface area contributed by atoms with Gasteiger partial charge in [0.2, 0.25) is 0 Å². The second-order valence-corrected chi connectivity index (χ2v) is 9.60. The summed E-state index contributed by atoms with van der Waals surface area (Å²) in [5.74, 6) is 1.86. The Bertz CT molecular complexity index is 849. The molecule has 2 saturated carbocycles. The molecule has 2 heterocycles. The second-order valence-electron chi connectivity index (χ2n) is 9.60. The van der Waals surface area contributed by atoms with Gasteiger partial charge in [0, 0.05) is 36.3 Å². The third-order valence-electron chi connectivity index (χ3n) is 8.30. The van der Waals surface area contributed by atoms with Crippen LogP contribution in [-0.2, 0) is 16.6 Å². The zero-order valence-corrected chi connectivity index (χ0v) is 15.2. The van der Waals surface area contributed by atoms with Crippen molar-refractivity contribution >= 4 is 5.78 Å². The Morgan fingerprint density at radius 2 is 2.12 bits per heavy atom. The highest BCUT2D eigenvalue weighted by Crippen LogP contribution is 2.65. The number of ether oxygens (including phenoxy) is 1. The van der Waals surface area contributed by atoms with Crippen LogP contribution >= 0.6 is 0 Å². The summed E-state index contributed by atoms with van der Waals surface area (Å²) < 4.78 is 7.00. The molecular weight excluding hydrogens is 330 g/mol. The van der Waals surface area contributed by atoms with Crippen molar-refractivity contribution in [2.45, 2.75) is 61.7 Å². The minimum atomic E-state index is -0.931. The van der Waals surface area contributed by atoms with E-state index in [1.165, 1.54) is 12.8 Å². The number of phenolic OH excluding ortho intramolecular Hbond substituents is 1. The van der Waals surface area contributed by atoms with Gasteiger partial charge in [0.05, 0.1) is 25.6 Å². The van der Waals surface area contributed by atoms with Crippen LogP contribution < -0.4 is 4.74 Å². The van der Waals surface area contributed by atoms with Crippen LogP contribution in [0, 0.1) is 5.92 Å². The summed E-state index contributed by atoms with van der Waals surface area (Å²) in [5.41, 5.74) is 0.247. The molecule has 1 aromatic carbocycles. The Hall–Kier alpha value is -1.59. The minimum Gasteiger partial charge on any atom is -0.508 e. The Balaban J connectivity index is 1.61. The standard InChI is InChI=1S/C21H25NO4/c1-22(11-12-2-3-12)9-8-20-18-13-10-17(22)21(20,25)7-6-15(24)19(20)26-16(18)5-4-14(13)23/h4-5,12,17,19,25H,2-3,6-11H2,1H3/p+1/t17?,19?,20-,21?,22+/m0/s1. The number of phenols is 1. The van der Waals surface area contributed by atoms with Gasteiger partial charge >= 0.3 is 0 Å². The van der Waals surface area contributed by atoms with Crippen LogP contribution in [0.2, 0.25) is 0 Å². The number of rotatable bonds is 2. The van der Waals surface area contributed by atoms with Gasteiger partial charge in [-0.25, -0.2) is 0 Å². The highest BCUT2D eigenvalue weighted by atomic mass is 16.5. The molecule has 1 saturated heterocycles. The van der Waals surface area contributed by atoms with Gasteiger partial charge < -0.3 is 19.4 Å². The van der Waals surface area contributed by atoms with Gasteiger partial charge in [-0.1, -0.05) is 0 Å². The van der Waals surface area contributed by atoms with E-state index in [-0.39, 0.29) is 17.6 Å². The normalized spacial score (nSPS) is 45.2. The van der Waals surface area contributed by atoms with Crippen molar-refractivity contribution in [2.75, 3.05) is 20.1 Å². The zero-order chi connectivity index (χ0) is 17.9. The Morgan fingerprint density at radius 3 is 2.88 bits per heavy atom. The van der Waals surface area contributed by atoms with Crippen molar-refractivity contribution in [3.63, 3.8) is 0 Å². The number of aromatic hydroxyl groups is 1. The van der Waals surface area contributed by atoms with Crippen molar-refractivity contribution in [3.05, 3.63) is 23.3 Å². The first-order chi connectivity index (χ1) is 12.4. The van der Waals surface area contributed by atoms with Gasteiger partial charge in [0.1, 0.15) is 23.1 Å². The van der Waals surface area contributed by atoms with Gasteiger partial charge in [0.25, 0.3) is 0 Å². The summed E-state index contributed by atoms with van der Waals surface area (Å²) >= 11 is 0. The number of likely N-dealkylation sites (N-methyl/N-ethyl adjacent to an activating group) is 1. The maximum Gasteiger partial charge on any atom is 0.174 e. The molecule has 5 nitrogen and oxygen atoms in total. The van der Waals surface area contributed by atoms with E-state index < -0.39 is 17.1 Å². The third kappa shape index (κ3) is 1.55. The number of quaternary nitrogens is 1. The number of carbonyl (C=O) groups excluding carboxylic acids is 1. The predicted molar refractivity (Wildman–Crippen MR) is 94.1 cm³/mol. The molecule has 138 valence electrons. The molecule has 3 unspecified atom stereocenters. The highest BCUT2D eigenvalue weighted by Gasteiger charge is 2.76. The molecule has 5 atom stereocenters. The third-order valence-corrected chi connectivity index (χ3v) is 8.30. The molecule has 0 aromatic heterocycles. The van der Waals surface area contributed by atoms with Crippen molar-refractivity contribution in [3.8, 4) is 11.5 Å². The average molecular weight is 356 g/mol. The van der Waals surface area contributed by atoms with Crippen LogP contribution in [0.25, 0.3) is 0 Å². The molecule has 6 rings (SSSR count). The van der Waals surface area contributed by atoms with E-state index in [1.54, 1.807) is 12.1 Å². The number of ketones is 1. The van der Waals surface area contributed by atoms with Crippen molar-refractivity contribution in [1.29, 1.82) is 0 Å². The van der Waals surface area contributed by atoms with Crippen LogP contribution in [0.1, 0.15) is 43.2 Å². The fourth-order valence-corrected chi connectivity index (χ4v) is 6.95. The molecular formula is C21H26NO4+. The minimum absolute atomic E-state index is 0.0165. The van der Waals surface area contributed by atoms with E-state index in [2.05, 4.69) is 7.05 Å². The van der Waals surface area contributed by atoms with Crippen LogP contribution in [-0.4, -0.2) is 58.4 Å². The first-order valence-corrected chi connectivity index (χ1v) is 10.0. The maximum atomic E-state index is 12.8. The van der Waals surface area contributed by atoms with E-state index in [0.29, 0.717) is 25.0 Å². The van der Waals surface area contributed by atoms with Crippen LogP contribution in [0.4, 0.5) is 0 Å². The topological polar surface area (TPSA) is 66.8 Å². The lowest BCUT2D eigenvalue weighted by molar-refractivity contribution is -0.950. The van der Waals surface area contributed by atoms with Gasteiger partial charge in [-0.2, -0.15) is 0 Å². The number of Topliss-reactive ketones (excluding diaryl/α,β-unsaturated/α-hetero) is 1. The Morgan fingerprint density at radius 1 is 1.31 bits per heavy atom. The quantitative estimate of drug-likeness (QED) is 0.791. The molecule has 5 heteroatoms. The van der Waals surface area contributed by atoms with E-state index in [1.807, 2.05) is 0 Å². The van der Waals surface area contributed by atoms with Crippen LogP contribution in [0.3, 0.4) is 0 Å². The lowest BCUT2D eigenvalue weighted by atomic mass is 9.48. The molecule has 3 aliphatic carbocycles. The van der Waals surface area contributed by atoms with E-state index in [9.17, 15) is 15.0 Å². The molecule has 1 aromatic rings. The average Bonchev–Trinajstić information content (AvgIpc) is 3.33. The number of benzene rings is 1. The maximum absolute atomic E-state index is 12.8. The molecule has 26 heavy (non-hydrogen) atoms. The van der Waals surface area contributed by atoms with Gasteiger partial charge in [-0.05, 0) is 31.4 Å². The lowest BCUT2D eigenvalue weighted by Crippen LogP contribution is -2.80. The lowest BCUT2D eigenvalue weighted by Gasteiger charge is -2.64. The number of piperidine rings is 1. The summed E-state index contributed by atoms with van der Waals surface area (Å²) in [6.45, 7) is 2.06. The Labute approximate surface area is 153 Å². The number of carbonyl (C=O) groups is 1. The molecule has 5 aliphatic rings. The van der Waals surface area contributed by atoms with Crippen LogP contribution in [0.15, 0.2) is 12.1 Å². The largest absolute Gasteiger partial charge is 0.508 e. The summed E-state index contributed by atoms with van der Waals surface area (Å²) in [6, 6.07) is 3.49. The summed E-state index contributed by atoms with van der Waals surface area (Å²) in [4.78, 5) is 12.8. The summed E-state index contributed by atoms with van der Waals surface area (Å²) in [7, 11) is 2.28. The molecule has 0 amide bonds. The Kier molecular flexibility index (Phi) is 2.65. The summed E-state index contributed by atoms with van der Waals surface area (Å²) in [5, 5.41) is 22.8. The van der Waals surface area contributed by atoms with Gasteiger partial charge in [-0.15, -0.1) is 0 Å². The van der Waals surface area contributed by atoms with Crippen molar-refractivity contribution in [1.82, 2.24) is 0 Å². The van der Waals surface area contributed by atoms with Crippen LogP contribution in [0.5, 0.6) is 11.5 Å². The fourth-order valence-electron chi connectivity index (χ4n) is 6.95. The molecule has 1 spiro atoms. The first-order valence-electron chi connectivity index (χ1n) is 10.0. The monoisotopic (exact) mass is 356 g/mol. The number of hydrogen-bond donors (Lipinski definition) is 2. The molecule has 0 radical (unpaired) electrons. The molecule has 2 bridgehead atoms. The van der Waals surface area contributed by atoms with Crippen molar-refractivity contribution < 1.29 is 24.2 Å². The van der Waals surface area contributed by atoms with E-state index >= 15 is 0 Å². The smallest absolute Gasteiger partial charge is 0.174 e. The number of nitrogens with zero attached hydrogens (tertiary/aromatic N) is 1. The number of likely N-dealkylation sites (tertiary alicyclic amines) is 1. The number of aliphatic hydroxyl groups is 1. The predicted octanol–water partition coefficient (Wildman–Crippen LogP) is 1.67. The molecule has 2 aliphatic heterocycles. The number of hydrogen-bond acceptors (Lipinski definition) is 4. The fraction of sp³-hybridized carbons (Fsp3) is 0.667. The molecule has 3 fully saturated rings. The van der Waals surface area contributed by atoms with E-state index in [4.69, 9.17) is 4.74 Å². The summed E-state index contributed by atoms with van der Waals surface area (Å²) in [6.07, 6.45) is 4.32. The van der Waals surface area contributed by atoms with E-state index in [0.717, 1.165) is 41.0 Å². The van der Waals surface area contributed by atoms with Crippen molar-refractivity contribution in [2.24, 2.45) is 5.92 Å². The second kappa shape index (κ2) is 4.45. The van der Waals surface area contributed by atoms with Gasteiger partial charge in [-0.3, -0.25) is 4.79 Å².